The van der Waals surface area contributed by atoms with Gasteiger partial charge in [-0.1, -0.05) is 261 Å². The summed E-state index contributed by atoms with van der Waals surface area (Å²) < 4.78 is 17.6. The van der Waals surface area contributed by atoms with Crippen LogP contribution in [0.15, 0.2) is 60.8 Å². The van der Waals surface area contributed by atoms with E-state index in [9.17, 15) is 35.1 Å². The standard InChI is InChI=1S/C65H117NO10/c1-4-7-10-13-16-19-22-25-26-27-28-29-30-31-32-33-34-35-38-41-44-47-50-53-60(70)76-63-62(72)61(71)59(54-67)75-65(63)74-55-56(57(68)51-48-45-42-39-36-23-20-17-14-11-8-5-2)66-64(73)58(69)52-49-46-43-40-37-24-21-18-15-12-9-6-3/h9,12,15,18,21,24-26,48,51,56-59,61-63,65,67-69,71-72H,4-8,10-11,13-14,16-17,19-20,22-23,27-47,49-50,52-55H2,1-3H3,(H,66,73)/b12-9+,18-15+,24-21-,26-25+,51-48+. The summed E-state index contributed by atoms with van der Waals surface area (Å²) in [5, 5.41) is 56.9. The van der Waals surface area contributed by atoms with E-state index in [2.05, 4.69) is 50.4 Å². The molecule has 1 rings (SSSR count). The lowest BCUT2D eigenvalue weighted by atomic mass is 9.99. The zero-order valence-electron chi connectivity index (χ0n) is 48.9. The van der Waals surface area contributed by atoms with Gasteiger partial charge in [0.1, 0.15) is 24.4 Å². The molecule has 1 aliphatic heterocycles. The number of aliphatic hydroxyl groups excluding tert-OH is 5. The number of ether oxygens (including phenoxy) is 3. The molecule has 0 aromatic carbocycles. The van der Waals surface area contributed by atoms with Crippen LogP contribution < -0.4 is 5.32 Å². The number of esters is 1. The largest absolute Gasteiger partial charge is 0.454 e. The molecule has 6 N–H and O–H groups in total. The van der Waals surface area contributed by atoms with Crippen molar-refractivity contribution >= 4 is 11.9 Å². The Kier molecular flexibility index (Phi) is 49.8. The van der Waals surface area contributed by atoms with Crippen molar-refractivity contribution < 1.29 is 49.3 Å². The van der Waals surface area contributed by atoms with Gasteiger partial charge >= 0.3 is 5.97 Å². The number of rotatable bonds is 53. The fourth-order valence-corrected chi connectivity index (χ4v) is 9.71. The second kappa shape index (κ2) is 53.0. The van der Waals surface area contributed by atoms with Crippen LogP contribution in [0.5, 0.6) is 0 Å². The van der Waals surface area contributed by atoms with E-state index in [-0.39, 0.29) is 19.4 Å². The number of amides is 1. The van der Waals surface area contributed by atoms with Gasteiger partial charge in [-0.15, -0.1) is 0 Å². The molecule has 1 aliphatic rings. The van der Waals surface area contributed by atoms with Crippen molar-refractivity contribution in [3.05, 3.63) is 60.8 Å². The molecule has 0 radical (unpaired) electrons. The Balaban J connectivity index is 2.61. The van der Waals surface area contributed by atoms with Crippen molar-refractivity contribution in [3.63, 3.8) is 0 Å². The van der Waals surface area contributed by atoms with Crippen LogP contribution in [0.1, 0.15) is 278 Å². The van der Waals surface area contributed by atoms with Crippen molar-refractivity contribution in [2.75, 3.05) is 13.2 Å². The lowest BCUT2D eigenvalue weighted by Gasteiger charge is -2.41. The van der Waals surface area contributed by atoms with Gasteiger partial charge in [-0.2, -0.15) is 0 Å². The van der Waals surface area contributed by atoms with Gasteiger partial charge in [0, 0.05) is 6.42 Å². The third-order valence-corrected chi connectivity index (χ3v) is 14.7. The zero-order valence-corrected chi connectivity index (χ0v) is 48.9. The van der Waals surface area contributed by atoms with Crippen molar-refractivity contribution in [3.8, 4) is 0 Å². The van der Waals surface area contributed by atoms with Crippen LogP contribution in [0, 0.1) is 0 Å². The summed E-state index contributed by atoms with van der Waals surface area (Å²) in [7, 11) is 0. The highest BCUT2D eigenvalue weighted by Gasteiger charge is 2.47. The molecule has 8 atom stereocenters. The van der Waals surface area contributed by atoms with Crippen LogP contribution in [-0.2, 0) is 23.8 Å². The second-order valence-electron chi connectivity index (χ2n) is 21.8. The Labute approximate surface area is 465 Å². The maximum absolute atomic E-state index is 13.4. The lowest BCUT2D eigenvalue weighted by molar-refractivity contribution is -0.305. The molecular formula is C65H117NO10. The molecule has 1 heterocycles. The fourth-order valence-electron chi connectivity index (χ4n) is 9.71. The fraction of sp³-hybridized carbons (Fsp3) is 0.815. The minimum absolute atomic E-state index is 0.121. The number of allylic oxidation sites excluding steroid dienone is 9. The highest BCUT2D eigenvalue weighted by Crippen LogP contribution is 2.26. The lowest BCUT2D eigenvalue weighted by Crippen LogP contribution is -2.61. The summed E-state index contributed by atoms with van der Waals surface area (Å²) >= 11 is 0. The van der Waals surface area contributed by atoms with E-state index >= 15 is 0 Å². The Bertz CT molecular complexity index is 1460. The summed E-state index contributed by atoms with van der Waals surface area (Å²) in [5.41, 5.74) is 0. The predicted octanol–water partition coefficient (Wildman–Crippen LogP) is 15.0. The maximum atomic E-state index is 13.4. The highest BCUT2D eigenvalue weighted by atomic mass is 16.7. The summed E-state index contributed by atoms with van der Waals surface area (Å²) in [4.78, 5) is 26.5. The van der Waals surface area contributed by atoms with Crippen LogP contribution >= 0.6 is 0 Å². The second-order valence-corrected chi connectivity index (χ2v) is 21.8. The first kappa shape index (κ1) is 71.4. The zero-order chi connectivity index (χ0) is 55.4. The van der Waals surface area contributed by atoms with Crippen molar-refractivity contribution in [2.24, 2.45) is 0 Å². The first-order valence-corrected chi connectivity index (χ1v) is 31.6. The van der Waals surface area contributed by atoms with Gasteiger partial charge < -0.3 is 45.1 Å². The van der Waals surface area contributed by atoms with Crippen LogP contribution in [-0.4, -0.2) is 99.6 Å². The van der Waals surface area contributed by atoms with Gasteiger partial charge in [0.05, 0.1) is 25.4 Å². The van der Waals surface area contributed by atoms with Crippen molar-refractivity contribution in [1.82, 2.24) is 5.32 Å². The van der Waals surface area contributed by atoms with Gasteiger partial charge in [0.15, 0.2) is 12.4 Å². The number of unbranched alkanes of at least 4 members (excludes halogenated alkanes) is 33. The van der Waals surface area contributed by atoms with Gasteiger partial charge in [0.2, 0.25) is 5.91 Å². The molecule has 0 aliphatic carbocycles. The number of carbonyl (C=O) groups excluding carboxylic acids is 2. The van der Waals surface area contributed by atoms with E-state index in [1.165, 1.54) is 161 Å². The van der Waals surface area contributed by atoms with Crippen LogP contribution in [0.4, 0.5) is 0 Å². The summed E-state index contributed by atoms with van der Waals surface area (Å²) in [6.45, 7) is 5.64. The smallest absolute Gasteiger partial charge is 0.306 e. The van der Waals surface area contributed by atoms with Gasteiger partial charge in [0.25, 0.3) is 0 Å². The number of carbonyl (C=O) groups is 2. The number of hydrogen-bond acceptors (Lipinski definition) is 10. The average Bonchev–Trinajstić information content (AvgIpc) is 3.42. The normalized spacial score (nSPS) is 19.5. The maximum Gasteiger partial charge on any atom is 0.306 e. The number of hydrogen-bond donors (Lipinski definition) is 6. The molecule has 11 heteroatoms. The minimum Gasteiger partial charge on any atom is -0.454 e. The molecule has 0 saturated carbocycles. The first-order valence-electron chi connectivity index (χ1n) is 31.6. The Morgan fingerprint density at radius 1 is 0.526 bits per heavy atom. The van der Waals surface area contributed by atoms with Crippen LogP contribution in [0.25, 0.3) is 0 Å². The summed E-state index contributed by atoms with van der Waals surface area (Å²) in [5.74, 6) is -1.21. The molecule has 0 bridgehead atoms. The van der Waals surface area contributed by atoms with E-state index in [0.717, 1.165) is 70.6 Å². The quantitative estimate of drug-likeness (QED) is 0.0149. The van der Waals surface area contributed by atoms with E-state index < -0.39 is 67.4 Å². The van der Waals surface area contributed by atoms with Crippen LogP contribution in [0.2, 0.25) is 0 Å². The number of aliphatic hydroxyl groups is 5. The van der Waals surface area contributed by atoms with Gasteiger partial charge in [-0.05, 0) is 70.6 Å². The van der Waals surface area contributed by atoms with E-state index in [1.54, 1.807) is 6.08 Å². The molecular weight excluding hydrogens is 955 g/mol. The molecule has 0 spiro atoms. The summed E-state index contributed by atoms with van der Waals surface area (Å²) in [6.07, 6.45) is 55.6. The molecule has 0 aromatic heterocycles. The molecule has 1 fully saturated rings. The molecule has 1 amide bonds. The van der Waals surface area contributed by atoms with Gasteiger partial charge in [-0.3, -0.25) is 9.59 Å². The molecule has 8 unspecified atom stereocenters. The SMILES string of the molecule is CC/C=C/C=C/C=C\CCCCCCC(O)C(=O)NC(COC1OC(CO)C(O)C(O)C1OC(=O)CCCCCCCCCCCCCCC/C=C/CCCCCCCC)C(O)/C=C/CCCCCCCCCCCC. The van der Waals surface area contributed by atoms with E-state index in [1.807, 2.05) is 30.4 Å². The number of nitrogens with one attached hydrogen (secondary N) is 1. The minimum atomic E-state index is -1.62. The Morgan fingerprint density at radius 3 is 1.45 bits per heavy atom. The van der Waals surface area contributed by atoms with Crippen molar-refractivity contribution in [1.29, 1.82) is 0 Å². The Morgan fingerprint density at radius 2 is 0.961 bits per heavy atom. The third kappa shape index (κ3) is 40.5. The van der Waals surface area contributed by atoms with E-state index in [0.29, 0.717) is 12.8 Å². The van der Waals surface area contributed by atoms with Crippen LogP contribution in [0.3, 0.4) is 0 Å². The average molecular weight is 1070 g/mol. The predicted molar refractivity (Wildman–Crippen MR) is 315 cm³/mol. The molecule has 11 nitrogen and oxygen atoms in total. The Hall–Kier alpha value is -2.64. The highest BCUT2D eigenvalue weighted by molar-refractivity contribution is 5.80. The first-order chi connectivity index (χ1) is 37.2. The summed E-state index contributed by atoms with van der Waals surface area (Å²) in [6, 6.07) is -1.03. The van der Waals surface area contributed by atoms with Crippen molar-refractivity contribution in [2.45, 2.75) is 327 Å². The van der Waals surface area contributed by atoms with Gasteiger partial charge in [-0.25, -0.2) is 0 Å². The van der Waals surface area contributed by atoms with E-state index in [4.69, 9.17) is 14.2 Å². The molecule has 442 valence electrons. The molecule has 0 aromatic rings. The molecule has 1 saturated heterocycles. The topological polar surface area (TPSA) is 175 Å². The third-order valence-electron chi connectivity index (χ3n) is 14.7. The monoisotopic (exact) mass is 1070 g/mol. The molecule has 76 heavy (non-hydrogen) atoms.